The summed E-state index contributed by atoms with van der Waals surface area (Å²) in [6.45, 7) is 14.2. The molecule has 0 amide bonds. The van der Waals surface area contributed by atoms with Gasteiger partial charge in [0.15, 0.2) is 0 Å². The molecule has 0 aromatic rings. The van der Waals surface area contributed by atoms with E-state index in [1.54, 1.807) is 11.1 Å². The van der Waals surface area contributed by atoms with Gasteiger partial charge in [-0.05, 0) is 82.1 Å². The van der Waals surface area contributed by atoms with Gasteiger partial charge in [-0.1, -0.05) is 77.5 Å². The normalized spacial score (nSPS) is 32.0. The van der Waals surface area contributed by atoms with E-state index in [2.05, 4.69) is 53.7 Å². The van der Waals surface area contributed by atoms with Crippen LogP contribution in [-0.4, -0.2) is 11.7 Å². The van der Waals surface area contributed by atoms with Crippen LogP contribution in [0.1, 0.15) is 119 Å². The highest BCUT2D eigenvalue weighted by Crippen LogP contribution is 2.43. The molecular formula is C27H48O. The molecule has 0 aromatic carbocycles. The summed E-state index contributed by atoms with van der Waals surface area (Å²) >= 11 is 0. The maximum Gasteiger partial charge on any atom is 0.0820 e. The molecule has 1 saturated heterocycles. The lowest BCUT2D eigenvalue weighted by molar-refractivity contribution is -0.125. The van der Waals surface area contributed by atoms with Crippen LogP contribution in [0.5, 0.6) is 0 Å². The van der Waals surface area contributed by atoms with Gasteiger partial charge in [0, 0.05) is 0 Å². The zero-order valence-electron chi connectivity index (χ0n) is 19.9. The maximum absolute atomic E-state index is 6.73. The lowest BCUT2D eigenvalue weighted by Crippen LogP contribution is -2.45. The lowest BCUT2D eigenvalue weighted by Gasteiger charge is -2.46. The van der Waals surface area contributed by atoms with Crippen LogP contribution in [0, 0.1) is 17.8 Å². The van der Waals surface area contributed by atoms with Crippen molar-refractivity contribution in [3.8, 4) is 0 Å². The quantitative estimate of drug-likeness (QED) is 0.254. The number of hydrogen-bond donors (Lipinski definition) is 0. The number of allylic oxidation sites excluding steroid dienone is 3. The first-order valence-electron chi connectivity index (χ1n) is 12.4. The molecule has 1 heteroatoms. The predicted molar refractivity (Wildman–Crippen MR) is 124 cm³/mol. The first kappa shape index (κ1) is 23.7. The molecule has 1 heterocycles. The molecule has 0 N–H and O–H groups in total. The molecular weight excluding hydrogens is 340 g/mol. The average Bonchev–Trinajstić information content (AvgIpc) is 2.65. The Morgan fingerprint density at radius 3 is 2.75 bits per heavy atom. The van der Waals surface area contributed by atoms with E-state index in [0.29, 0.717) is 12.0 Å². The molecule has 5 unspecified atom stereocenters. The zero-order valence-corrected chi connectivity index (χ0v) is 19.9. The number of rotatable bonds is 11. The van der Waals surface area contributed by atoms with Crippen molar-refractivity contribution in [2.24, 2.45) is 17.8 Å². The fraction of sp³-hybridized carbons (Fsp3) is 0.852. The first-order chi connectivity index (χ1) is 13.3. The van der Waals surface area contributed by atoms with Gasteiger partial charge in [0.05, 0.1) is 11.7 Å². The van der Waals surface area contributed by atoms with Crippen LogP contribution in [0.4, 0.5) is 0 Å². The Kier molecular flexibility index (Phi) is 9.81. The molecule has 2 aliphatic rings. The molecule has 0 spiro atoms. The molecule has 28 heavy (non-hydrogen) atoms. The summed E-state index contributed by atoms with van der Waals surface area (Å²) in [5.41, 5.74) is 3.30. The van der Waals surface area contributed by atoms with E-state index in [4.69, 9.17) is 4.74 Å². The Hall–Kier alpha value is -0.560. The Labute approximate surface area is 176 Å². The molecule has 2 rings (SSSR count). The number of hydrogen-bond acceptors (Lipinski definition) is 1. The van der Waals surface area contributed by atoms with Crippen molar-refractivity contribution in [2.75, 3.05) is 0 Å². The summed E-state index contributed by atoms with van der Waals surface area (Å²) in [6, 6.07) is 0. The molecule has 1 aliphatic carbocycles. The summed E-state index contributed by atoms with van der Waals surface area (Å²) in [4.78, 5) is 0. The summed E-state index contributed by atoms with van der Waals surface area (Å²) in [6.07, 6.45) is 20.9. The largest absolute Gasteiger partial charge is 0.367 e. The highest BCUT2D eigenvalue weighted by atomic mass is 16.5. The minimum absolute atomic E-state index is 0.103. The highest BCUT2D eigenvalue weighted by molar-refractivity contribution is 5.18. The summed E-state index contributed by atoms with van der Waals surface area (Å²) in [5, 5.41) is 0. The topological polar surface area (TPSA) is 9.23 Å². The van der Waals surface area contributed by atoms with Crippen molar-refractivity contribution in [2.45, 2.75) is 130 Å². The summed E-state index contributed by atoms with van der Waals surface area (Å²) in [7, 11) is 0. The van der Waals surface area contributed by atoms with Gasteiger partial charge in [-0.3, -0.25) is 0 Å². The van der Waals surface area contributed by atoms with Gasteiger partial charge < -0.3 is 4.74 Å². The first-order valence-corrected chi connectivity index (χ1v) is 12.4. The third kappa shape index (κ3) is 7.36. The SMILES string of the molecule is CCCC/C=C(\C)CCCC(C)CCCC1(C)CCC2=CCC(C)C(C)C2O1. The minimum atomic E-state index is 0.103. The van der Waals surface area contributed by atoms with Gasteiger partial charge in [-0.15, -0.1) is 0 Å². The Bertz CT molecular complexity index is 516. The van der Waals surface area contributed by atoms with Crippen molar-refractivity contribution >= 4 is 0 Å². The molecule has 1 aliphatic heterocycles. The van der Waals surface area contributed by atoms with Gasteiger partial charge in [-0.25, -0.2) is 0 Å². The zero-order chi connectivity index (χ0) is 20.6. The van der Waals surface area contributed by atoms with Gasteiger partial charge in [0.25, 0.3) is 0 Å². The van der Waals surface area contributed by atoms with Crippen molar-refractivity contribution in [1.82, 2.24) is 0 Å². The van der Waals surface area contributed by atoms with Gasteiger partial charge >= 0.3 is 0 Å². The molecule has 162 valence electrons. The van der Waals surface area contributed by atoms with E-state index in [1.165, 1.54) is 77.0 Å². The Morgan fingerprint density at radius 2 is 2.00 bits per heavy atom. The van der Waals surface area contributed by atoms with Crippen molar-refractivity contribution in [3.05, 3.63) is 23.3 Å². The standard InChI is InChI=1S/C27H48O/c1-7-8-9-12-21(2)13-10-14-22(3)15-11-19-27(6)20-18-25-17-16-23(4)24(5)26(25)28-27/h12,17,22-24,26H,7-11,13-16,18-20H2,1-6H3/b21-12+. The molecule has 0 aromatic heterocycles. The van der Waals surface area contributed by atoms with Gasteiger partial charge in [0.2, 0.25) is 0 Å². The van der Waals surface area contributed by atoms with Crippen LogP contribution in [-0.2, 0) is 4.74 Å². The van der Waals surface area contributed by atoms with Crippen LogP contribution < -0.4 is 0 Å². The maximum atomic E-state index is 6.73. The van der Waals surface area contributed by atoms with Crippen molar-refractivity contribution < 1.29 is 4.74 Å². The monoisotopic (exact) mass is 388 g/mol. The van der Waals surface area contributed by atoms with Crippen LogP contribution in [0.15, 0.2) is 23.3 Å². The number of ether oxygens (including phenoxy) is 1. The molecule has 5 atom stereocenters. The van der Waals surface area contributed by atoms with E-state index in [9.17, 15) is 0 Å². The average molecular weight is 389 g/mol. The fourth-order valence-electron chi connectivity index (χ4n) is 5.04. The van der Waals surface area contributed by atoms with E-state index in [-0.39, 0.29) is 5.60 Å². The van der Waals surface area contributed by atoms with E-state index in [0.717, 1.165) is 11.8 Å². The third-order valence-electron chi connectivity index (χ3n) is 7.57. The minimum Gasteiger partial charge on any atom is -0.367 e. The highest BCUT2D eigenvalue weighted by Gasteiger charge is 2.40. The second kappa shape index (κ2) is 11.6. The van der Waals surface area contributed by atoms with Gasteiger partial charge in [-0.2, -0.15) is 0 Å². The van der Waals surface area contributed by atoms with E-state index < -0.39 is 0 Å². The Morgan fingerprint density at radius 1 is 1.25 bits per heavy atom. The summed E-state index contributed by atoms with van der Waals surface area (Å²) in [5.74, 6) is 2.28. The third-order valence-corrected chi connectivity index (χ3v) is 7.57. The van der Waals surface area contributed by atoms with Crippen molar-refractivity contribution in [1.29, 1.82) is 0 Å². The summed E-state index contributed by atoms with van der Waals surface area (Å²) < 4.78 is 6.73. The van der Waals surface area contributed by atoms with E-state index >= 15 is 0 Å². The molecule has 1 nitrogen and oxygen atoms in total. The number of fused-ring (bicyclic) bond motifs is 1. The second-order valence-electron chi connectivity index (χ2n) is 10.4. The molecule has 0 bridgehead atoms. The fourth-order valence-corrected chi connectivity index (χ4v) is 5.04. The van der Waals surface area contributed by atoms with Crippen LogP contribution in [0.2, 0.25) is 0 Å². The molecule has 1 fully saturated rings. The van der Waals surface area contributed by atoms with Gasteiger partial charge in [0.1, 0.15) is 0 Å². The molecule has 0 radical (unpaired) electrons. The van der Waals surface area contributed by atoms with Crippen LogP contribution >= 0.6 is 0 Å². The van der Waals surface area contributed by atoms with E-state index in [1.807, 2.05) is 0 Å². The molecule has 0 saturated carbocycles. The lowest BCUT2D eigenvalue weighted by atomic mass is 9.74. The number of unbranched alkanes of at least 4 members (excludes halogenated alkanes) is 2. The van der Waals surface area contributed by atoms with Crippen LogP contribution in [0.3, 0.4) is 0 Å². The second-order valence-corrected chi connectivity index (χ2v) is 10.4. The smallest absolute Gasteiger partial charge is 0.0820 e. The Balaban J connectivity index is 1.66. The van der Waals surface area contributed by atoms with Crippen molar-refractivity contribution in [3.63, 3.8) is 0 Å². The predicted octanol–water partition coefficient (Wildman–Crippen LogP) is 8.64. The van der Waals surface area contributed by atoms with Crippen LogP contribution in [0.25, 0.3) is 0 Å².